The van der Waals surface area contributed by atoms with Gasteiger partial charge in [-0.3, -0.25) is 0 Å². The van der Waals surface area contributed by atoms with Crippen LogP contribution in [0.2, 0.25) is 0 Å². The van der Waals surface area contributed by atoms with E-state index >= 15 is 0 Å². The number of phenols is 1. The number of nitrogen functional groups attached to an aromatic ring is 2. The predicted molar refractivity (Wildman–Crippen MR) is 59.2 cm³/mol. The van der Waals surface area contributed by atoms with Crippen LogP contribution in [0, 0.1) is 6.92 Å². The van der Waals surface area contributed by atoms with E-state index in [1.807, 2.05) is 13.0 Å². The molecule has 5 N–H and O–H groups in total. The number of anilines is 2. The number of hydrogen-bond donors (Lipinski definition) is 3. The highest BCUT2D eigenvalue weighted by atomic mass is 16.3. The minimum absolute atomic E-state index is 0.245. The molecule has 0 saturated heterocycles. The summed E-state index contributed by atoms with van der Waals surface area (Å²) in [5, 5.41) is 11.2. The molecule has 0 atom stereocenters. The SMILES string of the molecule is Cc1cc2c(N)ccc(N)c2cc1O. The van der Waals surface area contributed by atoms with Crippen LogP contribution >= 0.6 is 0 Å². The molecule has 3 nitrogen and oxygen atoms in total. The zero-order valence-electron chi connectivity index (χ0n) is 7.91. The molecule has 0 aromatic heterocycles. The minimum atomic E-state index is 0.245. The molecule has 0 aliphatic heterocycles. The van der Waals surface area contributed by atoms with Crippen molar-refractivity contribution in [2.24, 2.45) is 0 Å². The summed E-state index contributed by atoms with van der Waals surface area (Å²) in [6, 6.07) is 7.01. The summed E-state index contributed by atoms with van der Waals surface area (Å²) >= 11 is 0. The molecule has 0 bridgehead atoms. The van der Waals surface area contributed by atoms with Crippen LogP contribution in [-0.2, 0) is 0 Å². The molecule has 72 valence electrons. The van der Waals surface area contributed by atoms with Crippen LogP contribution in [-0.4, -0.2) is 5.11 Å². The summed E-state index contributed by atoms with van der Waals surface area (Å²) in [6.07, 6.45) is 0. The molecule has 2 aromatic carbocycles. The standard InChI is InChI=1S/C11H12N2O/c1-6-4-7-8(5-11(6)14)10(13)3-2-9(7)12/h2-5,14H,12-13H2,1H3. The van der Waals surface area contributed by atoms with Gasteiger partial charge in [-0.05, 0) is 36.8 Å². The first-order valence-electron chi connectivity index (χ1n) is 4.37. The molecule has 0 aliphatic rings. The van der Waals surface area contributed by atoms with Crippen molar-refractivity contribution in [3.05, 3.63) is 29.8 Å². The van der Waals surface area contributed by atoms with Gasteiger partial charge in [0.1, 0.15) is 5.75 Å². The Kier molecular flexibility index (Phi) is 1.74. The van der Waals surface area contributed by atoms with Crippen molar-refractivity contribution in [2.75, 3.05) is 11.5 Å². The van der Waals surface area contributed by atoms with E-state index in [4.69, 9.17) is 11.5 Å². The highest BCUT2D eigenvalue weighted by Crippen LogP contribution is 2.31. The molecular weight excluding hydrogens is 176 g/mol. The maximum atomic E-state index is 9.54. The third-order valence-corrected chi connectivity index (χ3v) is 2.40. The number of phenolic OH excluding ortho intramolecular Hbond substituents is 1. The van der Waals surface area contributed by atoms with Crippen molar-refractivity contribution in [1.82, 2.24) is 0 Å². The van der Waals surface area contributed by atoms with E-state index in [1.165, 1.54) is 0 Å². The second kappa shape index (κ2) is 2.80. The summed E-state index contributed by atoms with van der Waals surface area (Å²) in [7, 11) is 0. The largest absolute Gasteiger partial charge is 0.508 e. The van der Waals surface area contributed by atoms with Gasteiger partial charge in [0.2, 0.25) is 0 Å². The Hall–Kier alpha value is -1.90. The fourth-order valence-electron chi connectivity index (χ4n) is 1.53. The highest BCUT2D eigenvalue weighted by Gasteiger charge is 2.05. The minimum Gasteiger partial charge on any atom is -0.508 e. The zero-order chi connectivity index (χ0) is 10.3. The van der Waals surface area contributed by atoms with Crippen LogP contribution in [0.3, 0.4) is 0 Å². The molecule has 0 saturated carbocycles. The zero-order valence-corrected chi connectivity index (χ0v) is 7.91. The first-order valence-corrected chi connectivity index (χ1v) is 4.37. The molecular formula is C11H12N2O. The highest BCUT2D eigenvalue weighted by molar-refractivity contribution is 6.01. The lowest BCUT2D eigenvalue weighted by molar-refractivity contribution is 0.472. The van der Waals surface area contributed by atoms with Gasteiger partial charge < -0.3 is 16.6 Å². The summed E-state index contributed by atoms with van der Waals surface area (Å²) in [6.45, 7) is 1.83. The van der Waals surface area contributed by atoms with Crippen molar-refractivity contribution < 1.29 is 5.11 Å². The quantitative estimate of drug-likeness (QED) is 0.554. The molecule has 0 unspecified atom stereocenters. The van der Waals surface area contributed by atoms with Gasteiger partial charge in [-0.1, -0.05) is 0 Å². The maximum absolute atomic E-state index is 9.54. The van der Waals surface area contributed by atoms with E-state index < -0.39 is 0 Å². The van der Waals surface area contributed by atoms with Gasteiger partial charge in [0.25, 0.3) is 0 Å². The first-order chi connectivity index (χ1) is 6.59. The molecule has 3 heteroatoms. The lowest BCUT2D eigenvalue weighted by Gasteiger charge is -2.07. The Labute approximate surface area is 82.0 Å². The van der Waals surface area contributed by atoms with E-state index in [9.17, 15) is 5.11 Å². The number of aromatic hydroxyl groups is 1. The second-order valence-electron chi connectivity index (χ2n) is 3.43. The van der Waals surface area contributed by atoms with Crippen LogP contribution in [0.1, 0.15) is 5.56 Å². The van der Waals surface area contributed by atoms with Crippen molar-refractivity contribution in [3.63, 3.8) is 0 Å². The number of nitrogens with two attached hydrogens (primary N) is 2. The maximum Gasteiger partial charge on any atom is 0.119 e. The predicted octanol–water partition coefficient (Wildman–Crippen LogP) is 2.02. The van der Waals surface area contributed by atoms with Crippen LogP contribution in [0.15, 0.2) is 24.3 Å². The van der Waals surface area contributed by atoms with Crippen LogP contribution in [0.5, 0.6) is 5.75 Å². The van der Waals surface area contributed by atoms with Gasteiger partial charge in [-0.15, -0.1) is 0 Å². The molecule has 0 radical (unpaired) electrons. The molecule has 0 fully saturated rings. The number of benzene rings is 2. The normalized spacial score (nSPS) is 10.6. The second-order valence-corrected chi connectivity index (χ2v) is 3.43. The van der Waals surface area contributed by atoms with Gasteiger partial charge >= 0.3 is 0 Å². The topological polar surface area (TPSA) is 72.3 Å². The Morgan fingerprint density at radius 3 is 2.07 bits per heavy atom. The fourth-order valence-corrected chi connectivity index (χ4v) is 1.53. The van der Waals surface area contributed by atoms with Crippen molar-refractivity contribution in [3.8, 4) is 5.75 Å². The third-order valence-electron chi connectivity index (χ3n) is 2.40. The van der Waals surface area contributed by atoms with Gasteiger partial charge in [-0.25, -0.2) is 0 Å². The average Bonchev–Trinajstić information content (AvgIpc) is 2.15. The van der Waals surface area contributed by atoms with Gasteiger partial charge in [0.05, 0.1) is 0 Å². The molecule has 2 aromatic rings. The van der Waals surface area contributed by atoms with Crippen molar-refractivity contribution in [2.45, 2.75) is 6.92 Å². The van der Waals surface area contributed by atoms with Gasteiger partial charge in [0, 0.05) is 22.1 Å². The molecule has 14 heavy (non-hydrogen) atoms. The van der Waals surface area contributed by atoms with Crippen LogP contribution < -0.4 is 11.5 Å². The Balaban J connectivity index is 2.94. The molecule has 0 aliphatic carbocycles. The molecule has 2 rings (SSSR count). The number of fused-ring (bicyclic) bond motifs is 1. The van der Waals surface area contributed by atoms with E-state index in [1.54, 1.807) is 18.2 Å². The van der Waals surface area contributed by atoms with E-state index in [0.717, 1.165) is 16.3 Å². The van der Waals surface area contributed by atoms with E-state index in [2.05, 4.69) is 0 Å². The molecule has 0 spiro atoms. The number of aryl methyl sites for hydroxylation is 1. The Bertz CT molecular complexity index is 460. The summed E-state index contributed by atoms with van der Waals surface area (Å²) in [5.41, 5.74) is 13.7. The monoisotopic (exact) mass is 188 g/mol. The number of rotatable bonds is 0. The summed E-state index contributed by atoms with van der Waals surface area (Å²) < 4.78 is 0. The summed E-state index contributed by atoms with van der Waals surface area (Å²) in [5.74, 6) is 0.245. The van der Waals surface area contributed by atoms with Crippen molar-refractivity contribution >= 4 is 22.1 Å². The smallest absolute Gasteiger partial charge is 0.119 e. The van der Waals surface area contributed by atoms with Gasteiger partial charge in [0.15, 0.2) is 0 Å². The van der Waals surface area contributed by atoms with Crippen LogP contribution in [0.4, 0.5) is 11.4 Å². The first kappa shape index (κ1) is 8.69. The third kappa shape index (κ3) is 1.14. The molecule has 0 amide bonds. The van der Waals surface area contributed by atoms with Crippen molar-refractivity contribution in [1.29, 1.82) is 0 Å². The lowest BCUT2D eigenvalue weighted by atomic mass is 10.0. The van der Waals surface area contributed by atoms with E-state index in [-0.39, 0.29) is 5.75 Å². The summed E-state index contributed by atoms with van der Waals surface area (Å²) in [4.78, 5) is 0. The van der Waals surface area contributed by atoms with E-state index in [0.29, 0.717) is 11.4 Å². The Morgan fingerprint density at radius 1 is 1.00 bits per heavy atom. The van der Waals surface area contributed by atoms with Crippen LogP contribution in [0.25, 0.3) is 10.8 Å². The Morgan fingerprint density at radius 2 is 1.50 bits per heavy atom. The van der Waals surface area contributed by atoms with Gasteiger partial charge in [-0.2, -0.15) is 0 Å². The average molecular weight is 188 g/mol. The lowest BCUT2D eigenvalue weighted by Crippen LogP contribution is -1.92. The fraction of sp³-hybridized carbons (Fsp3) is 0.0909. The molecule has 0 heterocycles. The number of hydrogen-bond acceptors (Lipinski definition) is 3.